The zero-order valence-corrected chi connectivity index (χ0v) is 12.8. The Balaban J connectivity index is 2.61. The quantitative estimate of drug-likeness (QED) is 0.823. The summed E-state index contributed by atoms with van der Waals surface area (Å²) in [6.45, 7) is 8.88. The molecule has 1 heterocycles. The van der Waals surface area contributed by atoms with E-state index in [-0.39, 0.29) is 11.4 Å². The molecule has 0 fully saturated rings. The van der Waals surface area contributed by atoms with Crippen molar-refractivity contribution in [2.75, 3.05) is 11.9 Å². The summed E-state index contributed by atoms with van der Waals surface area (Å²) in [4.78, 5) is 15.9. The van der Waals surface area contributed by atoms with Crippen LogP contribution >= 0.6 is 22.9 Å². The first-order valence-corrected chi connectivity index (χ1v) is 7.25. The molecular weight excluding hydrogens is 270 g/mol. The van der Waals surface area contributed by atoms with Crippen molar-refractivity contribution in [1.29, 1.82) is 0 Å². The van der Waals surface area contributed by atoms with Crippen LogP contribution in [0.25, 0.3) is 0 Å². The highest BCUT2D eigenvalue weighted by molar-refractivity contribution is 7.19. The lowest BCUT2D eigenvalue weighted by Gasteiger charge is -2.15. The average molecular weight is 290 g/mol. The monoisotopic (exact) mass is 289 g/mol. The third kappa shape index (κ3) is 4.46. The van der Waals surface area contributed by atoms with Gasteiger partial charge in [0.25, 0.3) is 0 Å². The van der Waals surface area contributed by atoms with Gasteiger partial charge in [0, 0.05) is 12.0 Å². The summed E-state index contributed by atoms with van der Waals surface area (Å²) in [5.74, 6) is 0. The molecule has 0 radical (unpaired) electrons. The number of anilines is 1. The molecule has 0 saturated carbocycles. The molecule has 0 saturated heterocycles. The van der Waals surface area contributed by atoms with E-state index in [0.717, 1.165) is 18.5 Å². The van der Waals surface area contributed by atoms with Gasteiger partial charge in [0.1, 0.15) is 4.34 Å². The van der Waals surface area contributed by atoms with Crippen molar-refractivity contribution in [2.24, 2.45) is 0 Å². The van der Waals surface area contributed by atoms with Crippen LogP contribution in [0.15, 0.2) is 0 Å². The number of halogens is 1. The van der Waals surface area contributed by atoms with Crippen molar-refractivity contribution >= 4 is 34.1 Å². The smallest absolute Gasteiger partial charge is 0.321 e. The van der Waals surface area contributed by atoms with Crippen molar-refractivity contribution in [3.05, 3.63) is 10.0 Å². The fourth-order valence-corrected chi connectivity index (χ4v) is 2.78. The van der Waals surface area contributed by atoms with Crippen molar-refractivity contribution < 1.29 is 4.79 Å². The van der Waals surface area contributed by atoms with E-state index in [1.807, 2.05) is 20.8 Å². The Kier molecular flexibility index (Phi) is 5.41. The molecule has 0 aromatic carbocycles. The minimum absolute atomic E-state index is 0.119. The number of carbonyl (C=O) groups is 1. The maximum Gasteiger partial charge on any atom is 0.321 e. The molecule has 1 aromatic heterocycles. The molecule has 2 amide bonds. The summed E-state index contributed by atoms with van der Waals surface area (Å²) in [7, 11) is 0. The Morgan fingerprint density at radius 3 is 2.61 bits per heavy atom. The van der Waals surface area contributed by atoms with E-state index in [9.17, 15) is 4.79 Å². The van der Waals surface area contributed by atoms with E-state index < -0.39 is 0 Å². The lowest BCUT2D eigenvalue weighted by atomic mass is 9.93. The molecular formula is C12H20ClN3OS. The number of hydrogen-bond acceptors (Lipinski definition) is 3. The van der Waals surface area contributed by atoms with Gasteiger partial charge in [0.2, 0.25) is 0 Å². The topological polar surface area (TPSA) is 54.0 Å². The minimum Gasteiger partial charge on any atom is -0.338 e. The minimum atomic E-state index is -0.227. The molecule has 0 spiro atoms. The summed E-state index contributed by atoms with van der Waals surface area (Å²) in [6.07, 6.45) is 2.02. The Morgan fingerprint density at radius 1 is 1.44 bits per heavy atom. The molecule has 0 unspecified atom stereocenters. The third-order valence-corrected chi connectivity index (χ3v) is 3.50. The molecule has 0 aliphatic carbocycles. The second-order valence-electron chi connectivity index (χ2n) is 5.13. The lowest BCUT2D eigenvalue weighted by Crippen LogP contribution is -2.29. The number of carbonyl (C=O) groups excluding carboxylic acids is 1. The zero-order chi connectivity index (χ0) is 13.8. The molecule has 1 rings (SSSR count). The predicted molar refractivity (Wildman–Crippen MR) is 77.8 cm³/mol. The summed E-state index contributed by atoms with van der Waals surface area (Å²) in [5, 5.41) is 6.02. The number of nitrogens with one attached hydrogen (secondary N) is 2. The van der Waals surface area contributed by atoms with Gasteiger partial charge in [-0.1, -0.05) is 57.1 Å². The molecule has 4 nitrogen and oxygen atoms in total. The Labute approximate surface area is 117 Å². The molecule has 0 aliphatic heterocycles. The first-order valence-electron chi connectivity index (χ1n) is 6.06. The zero-order valence-electron chi connectivity index (χ0n) is 11.3. The van der Waals surface area contributed by atoms with Gasteiger partial charge in [-0.15, -0.1) is 0 Å². The van der Waals surface area contributed by atoms with E-state index in [1.165, 1.54) is 11.3 Å². The second-order valence-corrected chi connectivity index (χ2v) is 6.73. The fraction of sp³-hybridized carbons (Fsp3) is 0.667. The largest absolute Gasteiger partial charge is 0.338 e. The first-order chi connectivity index (χ1) is 8.34. The Bertz CT molecular complexity index is 412. The molecule has 0 atom stereocenters. The van der Waals surface area contributed by atoms with Crippen LogP contribution < -0.4 is 10.6 Å². The average Bonchev–Trinajstić information content (AvgIpc) is 2.59. The SMILES string of the molecule is CCCCNC(=O)Nc1nc(C(C)(C)C)c(Cl)s1. The van der Waals surface area contributed by atoms with Gasteiger partial charge >= 0.3 is 6.03 Å². The van der Waals surface area contributed by atoms with Gasteiger partial charge in [-0.2, -0.15) is 0 Å². The highest BCUT2D eigenvalue weighted by atomic mass is 35.5. The van der Waals surface area contributed by atoms with Crippen molar-refractivity contribution in [3.63, 3.8) is 0 Å². The van der Waals surface area contributed by atoms with Gasteiger partial charge in [0.15, 0.2) is 5.13 Å². The molecule has 102 valence electrons. The van der Waals surface area contributed by atoms with Crippen molar-refractivity contribution in [2.45, 2.75) is 46.0 Å². The number of nitrogens with zero attached hydrogens (tertiary/aromatic N) is 1. The lowest BCUT2D eigenvalue weighted by molar-refractivity contribution is 0.252. The number of hydrogen-bond donors (Lipinski definition) is 2. The van der Waals surface area contributed by atoms with Crippen molar-refractivity contribution in [1.82, 2.24) is 10.3 Å². The van der Waals surface area contributed by atoms with E-state index in [0.29, 0.717) is 16.0 Å². The number of aromatic nitrogens is 1. The van der Waals surface area contributed by atoms with E-state index >= 15 is 0 Å². The molecule has 1 aromatic rings. The van der Waals surface area contributed by atoms with Crippen LogP contribution in [0.5, 0.6) is 0 Å². The maximum absolute atomic E-state index is 11.6. The number of amides is 2. The highest BCUT2D eigenvalue weighted by Gasteiger charge is 2.22. The second kappa shape index (κ2) is 6.38. The van der Waals surface area contributed by atoms with E-state index in [1.54, 1.807) is 0 Å². The Morgan fingerprint density at radius 2 is 2.11 bits per heavy atom. The van der Waals surface area contributed by atoms with Gasteiger partial charge in [-0.05, 0) is 6.42 Å². The van der Waals surface area contributed by atoms with Crippen LogP contribution in [0.4, 0.5) is 9.93 Å². The number of thiazole rings is 1. The van der Waals surface area contributed by atoms with Crippen LogP contribution in [-0.2, 0) is 5.41 Å². The first kappa shape index (κ1) is 15.2. The van der Waals surface area contributed by atoms with Crippen molar-refractivity contribution in [3.8, 4) is 0 Å². The summed E-state index contributed by atoms with van der Waals surface area (Å²) in [6, 6.07) is -0.227. The number of urea groups is 1. The normalized spacial score (nSPS) is 11.4. The van der Waals surface area contributed by atoms with Gasteiger partial charge < -0.3 is 5.32 Å². The molecule has 0 aliphatic rings. The molecule has 18 heavy (non-hydrogen) atoms. The summed E-state index contributed by atoms with van der Waals surface area (Å²) >= 11 is 7.42. The Hall–Kier alpha value is -0.810. The van der Waals surface area contributed by atoms with Crippen LogP contribution in [0.2, 0.25) is 4.34 Å². The van der Waals surface area contributed by atoms with Gasteiger partial charge in [-0.25, -0.2) is 9.78 Å². The summed E-state index contributed by atoms with van der Waals surface area (Å²) in [5.41, 5.74) is 0.699. The molecule has 2 N–H and O–H groups in total. The van der Waals surface area contributed by atoms with Crippen LogP contribution in [0, 0.1) is 0 Å². The fourth-order valence-electron chi connectivity index (χ4n) is 1.34. The predicted octanol–water partition coefficient (Wildman–Crippen LogP) is 4.02. The van der Waals surface area contributed by atoms with Crippen LogP contribution in [-0.4, -0.2) is 17.6 Å². The molecule has 6 heteroatoms. The van der Waals surface area contributed by atoms with Crippen LogP contribution in [0.1, 0.15) is 46.2 Å². The molecule has 0 bridgehead atoms. The highest BCUT2D eigenvalue weighted by Crippen LogP contribution is 2.35. The van der Waals surface area contributed by atoms with E-state index in [4.69, 9.17) is 11.6 Å². The standard InChI is InChI=1S/C12H20ClN3OS/c1-5-6-7-14-10(17)16-11-15-8(9(13)18-11)12(2,3)4/h5-7H2,1-4H3,(H2,14,15,16,17). The number of rotatable bonds is 4. The number of unbranched alkanes of at least 4 members (excludes halogenated alkanes) is 1. The van der Waals surface area contributed by atoms with E-state index in [2.05, 4.69) is 22.5 Å². The third-order valence-electron chi connectivity index (χ3n) is 2.33. The maximum atomic E-state index is 11.6. The van der Waals surface area contributed by atoms with Gasteiger partial charge in [0.05, 0.1) is 5.69 Å². The van der Waals surface area contributed by atoms with Gasteiger partial charge in [-0.3, -0.25) is 5.32 Å². The van der Waals surface area contributed by atoms with Crippen LogP contribution in [0.3, 0.4) is 0 Å². The summed E-state index contributed by atoms with van der Waals surface area (Å²) < 4.78 is 0.631.